The SMILES string of the molecule is CC1(c2ncc(C(N)=O)s2)CCN(S(C)(=O)=O)CC1. The zero-order chi connectivity index (χ0) is 14.3. The Morgan fingerprint density at radius 3 is 2.47 bits per heavy atom. The third kappa shape index (κ3) is 2.96. The van der Waals surface area contributed by atoms with Gasteiger partial charge in [-0.3, -0.25) is 4.79 Å². The lowest BCUT2D eigenvalue weighted by Crippen LogP contribution is -2.43. The summed E-state index contributed by atoms with van der Waals surface area (Å²) < 4.78 is 24.4. The zero-order valence-electron chi connectivity index (χ0n) is 10.9. The van der Waals surface area contributed by atoms with E-state index < -0.39 is 15.9 Å². The first kappa shape index (κ1) is 14.4. The molecule has 0 bridgehead atoms. The first-order chi connectivity index (χ1) is 8.72. The number of hydrogen-bond acceptors (Lipinski definition) is 5. The molecule has 2 heterocycles. The molecule has 106 valence electrons. The van der Waals surface area contributed by atoms with Gasteiger partial charge in [-0.15, -0.1) is 11.3 Å². The number of primary amides is 1. The van der Waals surface area contributed by atoms with E-state index in [0.717, 1.165) is 5.01 Å². The van der Waals surface area contributed by atoms with Gasteiger partial charge in [-0.05, 0) is 12.8 Å². The second-order valence-electron chi connectivity index (χ2n) is 5.12. The molecule has 1 aliphatic heterocycles. The number of nitrogens with zero attached hydrogens (tertiary/aromatic N) is 2. The summed E-state index contributed by atoms with van der Waals surface area (Å²) in [5.41, 5.74) is 5.04. The number of carbonyl (C=O) groups excluding carboxylic acids is 1. The average Bonchev–Trinajstić information content (AvgIpc) is 2.78. The van der Waals surface area contributed by atoms with E-state index >= 15 is 0 Å². The van der Waals surface area contributed by atoms with Gasteiger partial charge in [0.05, 0.1) is 17.5 Å². The van der Waals surface area contributed by atoms with Gasteiger partial charge in [0.15, 0.2) is 0 Å². The van der Waals surface area contributed by atoms with Crippen molar-refractivity contribution in [3.05, 3.63) is 16.1 Å². The van der Waals surface area contributed by atoms with Gasteiger partial charge in [-0.1, -0.05) is 6.92 Å². The van der Waals surface area contributed by atoms with Crippen LogP contribution in [0.5, 0.6) is 0 Å². The molecule has 1 amide bonds. The van der Waals surface area contributed by atoms with Gasteiger partial charge in [0.25, 0.3) is 5.91 Å². The molecule has 2 N–H and O–H groups in total. The summed E-state index contributed by atoms with van der Waals surface area (Å²) in [7, 11) is -3.12. The van der Waals surface area contributed by atoms with E-state index in [0.29, 0.717) is 30.8 Å². The first-order valence-corrected chi connectivity index (χ1v) is 8.60. The summed E-state index contributed by atoms with van der Waals surface area (Å²) in [4.78, 5) is 15.8. The summed E-state index contributed by atoms with van der Waals surface area (Å²) in [5, 5.41) is 0.856. The minimum absolute atomic E-state index is 0.181. The summed E-state index contributed by atoms with van der Waals surface area (Å²) in [5.74, 6) is -0.471. The van der Waals surface area contributed by atoms with E-state index in [9.17, 15) is 13.2 Å². The molecule has 19 heavy (non-hydrogen) atoms. The molecule has 1 aliphatic rings. The highest BCUT2D eigenvalue weighted by atomic mass is 32.2. The van der Waals surface area contributed by atoms with Crippen LogP contribution < -0.4 is 5.73 Å². The molecule has 0 spiro atoms. The quantitative estimate of drug-likeness (QED) is 0.882. The standard InChI is InChI=1S/C11H17N3O3S2/c1-11(10-13-7-8(18-10)9(12)15)3-5-14(6-4-11)19(2,16)17/h7H,3-6H2,1-2H3,(H2,12,15). The number of amides is 1. The maximum atomic E-state index is 11.5. The zero-order valence-corrected chi connectivity index (χ0v) is 12.6. The summed E-state index contributed by atoms with van der Waals surface area (Å²) in [6, 6.07) is 0. The van der Waals surface area contributed by atoms with Crippen molar-refractivity contribution in [1.82, 2.24) is 9.29 Å². The lowest BCUT2D eigenvalue weighted by atomic mass is 9.82. The number of aromatic nitrogens is 1. The van der Waals surface area contributed by atoms with E-state index in [1.165, 1.54) is 28.1 Å². The fourth-order valence-corrected chi connectivity index (χ4v) is 4.01. The molecule has 0 aromatic carbocycles. The highest BCUT2D eigenvalue weighted by Crippen LogP contribution is 2.37. The molecule has 6 nitrogen and oxygen atoms in total. The molecular weight excluding hydrogens is 286 g/mol. The van der Waals surface area contributed by atoms with Crippen molar-refractivity contribution >= 4 is 27.3 Å². The maximum Gasteiger partial charge on any atom is 0.260 e. The molecular formula is C11H17N3O3S2. The fraction of sp³-hybridized carbons (Fsp3) is 0.636. The van der Waals surface area contributed by atoms with E-state index in [1.807, 2.05) is 0 Å². The number of sulfonamides is 1. The second kappa shape index (κ2) is 4.84. The molecule has 0 saturated carbocycles. The number of nitrogens with two attached hydrogens (primary N) is 1. The topological polar surface area (TPSA) is 93.4 Å². The Bertz CT molecular complexity index is 586. The van der Waals surface area contributed by atoms with Crippen LogP contribution in [-0.2, 0) is 15.4 Å². The van der Waals surface area contributed by atoms with Crippen molar-refractivity contribution in [2.75, 3.05) is 19.3 Å². The Labute approximate surface area is 116 Å². The molecule has 0 unspecified atom stereocenters. The molecule has 0 aliphatic carbocycles. The normalized spacial score (nSPS) is 20.3. The van der Waals surface area contributed by atoms with Crippen molar-refractivity contribution in [1.29, 1.82) is 0 Å². The number of piperidine rings is 1. The van der Waals surface area contributed by atoms with Crippen molar-refractivity contribution < 1.29 is 13.2 Å². The van der Waals surface area contributed by atoms with Gasteiger partial charge in [0.1, 0.15) is 4.88 Å². The third-order valence-corrected chi connectivity index (χ3v) is 6.18. The van der Waals surface area contributed by atoms with Gasteiger partial charge in [-0.25, -0.2) is 17.7 Å². The van der Waals surface area contributed by atoms with E-state index in [2.05, 4.69) is 11.9 Å². The van der Waals surface area contributed by atoms with Crippen molar-refractivity contribution in [2.45, 2.75) is 25.2 Å². The first-order valence-electron chi connectivity index (χ1n) is 5.94. The minimum atomic E-state index is -3.12. The number of carbonyl (C=O) groups is 1. The Morgan fingerprint density at radius 1 is 1.47 bits per heavy atom. The molecule has 1 fully saturated rings. The third-order valence-electron chi connectivity index (χ3n) is 3.56. The van der Waals surface area contributed by atoms with Crippen LogP contribution in [0.1, 0.15) is 34.4 Å². The Hall–Kier alpha value is -0.990. The predicted molar refractivity (Wildman–Crippen MR) is 73.6 cm³/mol. The largest absolute Gasteiger partial charge is 0.365 e. The predicted octanol–water partition coefficient (Wildman–Crippen LogP) is 0.555. The summed E-state index contributed by atoms with van der Waals surface area (Å²) >= 11 is 1.30. The van der Waals surface area contributed by atoms with Gasteiger partial charge in [-0.2, -0.15) is 0 Å². The van der Waals surface area contributed by atoms with Crippen LogP contribution in [0, 0.1) is 0 Å². The van der Waals surface area contributed by atoms with Crippen LogP contribution in [0.4, 0.5) is 0 Å². The summed E-state index contributed by atoms with van der Waals surface area (Å²) in [6.45, 7) is 3.03. The maximum absolute atomic E-state index is 11.5. The van der Waals surface area contributed by atoms with Crippen molar-refractivity contribution in [3.63, 3.8) is 0 Å². The van der Waals surface area contributed by atoms with E-state index in [-0.39, 0.29) is 5.41 Å². The Balaban J connectivity index is 2.15. The second-order valence-corrected chi connectivity index (χ2v) is 8.13. The van der Waals surface area contributed by atoms with Crippen LogP contribution in [0.25, 0.3) is 0 Å². The van der Waals surface area contributed by atoms with Crippen LogP contribution in [0.3, 0.4) is 0 Å². The van der Waals surface area contributed by atoms with Crippen LogP contribution in [0.15, 0.2) is 6.20 Å². The fourth-order valence-electron chi connectivity index (χ4n) is 2.19. The molecule has 2 rings (SSSR count). The molecule has 1 aromatic heterocycles. The van der Waals surface area contributed by atoms with E-state index in [4.69, 9.17) is 5.73 Å². The highest BCUT2D eigenvalue weighted by Gasteiger charge is 2.36. The molecule has 8 heteroatoms. The molecule has 0 atom stereocenters. The van der Waals surface area contributed by atoms with Crippen LogP contribution >= 0.6 is 11.3 Å². The molecule has 1 saturated heterocycles. The number of thiazole rings is 1. The lowest BCUT2D eigenvalue weighted by Gasteiger charge is -2.36. The van der Waals surface area contributed by atoms with Crippen molar-refractivity contribution in [3.8, 4) is 0 Å². The smallest absolute Gasteiger partial charge is 0.260 e. The Morgan fingerprint density at radius 2 is 2.05 bits per heavy atom. The van der Waals surface area contributed by atoms with Gasteiger partial charge in [0.2, 0.25) is 10.0 Å². The lowest BCUT2D eigenvalue weighted by molar-refractivity contribution is 0.100. The van der Waals surface area contributed by atoms with Crippen molar-refractivity contribution in [2.24, 2.45) is 5.73 Å². The van der Waals surface area contributed by atoms with Gasteiger partial charge < -0.3 is 5.73 Å². The molecule has 1 aromatic rings. The summed E-state index contributed by atoms with van der Waals surface area (Å²) in [6.07, 6.45) is 4.12. The van der Waals surface area contributed by atoms with Crippen LogP contribution in [-0.4, -0.2) is 43.0 Å². The minimum Gasteiger partial charge on any atom is -0.365 e. The highest BCUT2D eigenvalue weighted by molar-refractivity contribution is 7.88. The number of rotatable bonds is 3. The van der Waals surface area contributed by atoms with Gasteiger partial charge >= 0.3 is 0 Å². The average molecular weight is 303 g/mol. The van der Waals surface area contributed by atoms with Crippen LogP contribution in [0.2, 0.25) is 0 Å². The van der Waals surface area contributed by atoms with Gasteiger partial charge in [0, 0.05) is 18.5 Å². The monoisotopic (exact) mass is 303 g/mol. The molecule has 0 radical (unpaired) electrons. The Kier molecular flexibility index (Phi) is 3.67. The number of hydrogen-bond donors (Lipinski definition) is 1. The van der Waals surface area contributed by atoms with E-state index in [1.54, 1.807) is 0 Å².